The van der Waals surface area contributed by atoms with Gasteiger partial charge < -0.3 is 15.5 Å². The SMILES string of the molecule is CCN1CCC(N(C)C(=O)c2sc(N)nc2C)CC1. The van der Waals surface area contributed by atoms with Crippen LogP contribution in [0.1, 0.15) is 35.1 Å². The zero-order valence-electron chi connectivity index (χ0n) is 11.8. The zero-order valence-corrected chi connectivity index (χ0v) is 12.7. The molecule has 2 rings (SSSR count). The van der Waals surface area contributed by atoms with E-state index >= 15 is 0 Å². The van der Waals surface area contributed by atoms with Crippen LogP contribution in [0.15, 0.2) is 0 Å². The predicted octanol–water partition coefficient (Wildman–Crippen LogP) is 1.59. The van der Waals surface area contributed by atoms with Gasteiger partial charge in [-0.3, -0.25) is 4.79 Å². The number of nitrogen functional groups attached to an aromatic ring is 1. The molecule has 106 valence electrons. The van der Waals surface area contributed by atoms with Crippen molar-refractivity contribution in [1.29, 1.82) is 0 Å². The maximum atomic E-state index is 12.5. The first kappa shape index (κ1) is 14.3. The second kappa shape index (κ2) is 5.88. The first-order chi connectivity index (χ1) is 9.02. The lowest BCUT2D eigenvalue weighted by atomic mass is 10.0. The van der Waals surface area contributed by atoms with E-state index in [0.717, 1.165) is 38.2 Å². The number of piperidine rings is 1. The number of carbonyl (C=O) groups excluding carboxylic acids is 1. The van der Waals surface area contributed by atoms with Crippen LogP contribution < -0.4 is 5.73 Å². The molecule has 1 aromatic heterocycles. The standard InChI is InChI=1S/C13H22N4OS/c1-4-17-7-5-10(6-8-17)16(3)12(18)11-9(2)15-13(14)19-11/h10H,4-8H2,1-3H3,(H2,14,15). The Morgan fingerprint density at radius 1 is 1.53 bits per heavy atom. The summed E-state index contributed by atoms with van der Waals surface area (Å²) < 4.78 is 0. The van der Waals surface area contributed by atoms with Crippen molar-refractivity contribution in [2.45, 2.75) is 32.7 Å². The summed E-state index contributed by atoms with van der Waals surface area (Å²) in [4.78, 5) is 21.5. The molecule has 0 atom stereocenters. The number of aromatic nitrogens is 1. The van der Waals surface area contributed by atoms with Crippen molar-refractivity contribution in [1.82, 2.24) is 14.8 Å². The number of hydrogen-bond acceptors (Lipinski definition) is 5. The number of carbonyl (C=O) groups is 1. The Morgan fingerprint density at radius 2 is 2.16 bits per heavy atom. The lowest BCUT2D eigenvalue weighted by Gasteiger charge is -2.36. The molecule has 0 saturated carbocycles. The summed E-state index contributed by atoms with van der Waals surface area (Å²) in [7, 11) is 1.89. The molecule has 1 fully saturated rings. The Morgan fingerprint density at radius 3 is 2.63 bits per heavy atom. The van der Waals surface area contributed by atoms with Gasteiger partial charge >= 0.3 is 0 Å². The van der Waals surface area contributed by atoms with E-state index in [1.54, 1.807) is 0 Å². The lowest BCUT2D eigenvalue weighted by Crippen LogP contribution is -2.45. The van der Waals surface area contributed by atoms with Crippen LogP contribution in [-0.2, 0) is 0 Å². The van der Waals surface area contributed by atoms with Crippen LogP contribution in [0.3, 0.4) is 0 Å². The van der Waals surface area contributed by atoms with Gasteiger partial charge in [-0.25, -0.2) is 4.98 Å². The normalized spacial score (nSPS) is 17.6. The summed E-state index contributed by atoms with van der Waals surface area (Å²) in [6.45, 7) is 7.26. The summed E-state index contributed by atoms with van der Waals surface area (Å²) in [6, 6.07) is 0.332. The average Bonchev–Trinajstić information content (AvgIpc) is 2.76. The molecule has 6 heteroatoms. The van der Waals surface area contributed by atoms with E-state index in [2.05, 4.69) is 16.8 Å². The zero-order chi connectivity index (χ0) is 14.0. The molecule has 0 spiro atoms. The van der Waals surface area contributed by atoms with Crippen molar-refractivity contribution in [3.63, 3.8) is 0 Å². The third-order valence-electron chi connectivity index (χ3n) is 3.88. The van der Waals surface area contributed by atoms with E-state index in [4.69, 9.17) is 5.73 Å². The number of amides is 1. The predicted molar refractivity (Wildman–Crippen MR) is 78.5 cm³/mol. The first-order valence-corrected chi connectivity index (χ1v) is 7.57. The fraction of sp³-hybridized carbons (Fsp3) is 0.692. The molecule has 1 aromatic rings. The highest BCUT2D eigenvalue weighted by Crippen LogP contribution is 2.24. The maximum Gasteiger partial charge on any atom is 0.265 e. The lowest BCUT2D eigenvalue weighted by molar-refractivity contribution is 0.0650. The average molecular weight is 282 g/mol. The van der Waals surface area contributed by atoms with E-state index in [1.165, 1.54) is 11.3 Å². The Labute approximate surface area is 118 Å². The number of nitrogens with zero attached hydrogens (tertiary/aromatic N) is 3. The third kappa shape index (κ3) is 3.06. The molecule has 0 aromatic carbocycles. The molecular formula is C13H22N4OS. The van der Waals surface area contributed by atoms with E-state index in [9.17, 15) is 4.79 Å². The van der Waals surface area contributed by atoms with Crippen LogP contribution in [-0.4, -0.2) is 53.4 Å². The highest BCUT2D eigenvalue weighted by atomic mass is 32.1. The third-order valence-corrected chi connectivity index (χ3v) is 4.85. The van der Waals surface area contributed by atoms with Crippen LogP contribution in [0.5, 0.6) is 0 Å². The van der Waals surface area contributed by atoms with Crippen molar-refractivity contribution in [3.05, 3.63) is 10.6 Å². The van der Waals surface area contributed by atoms with Crippen LogP contribution in [0, 0.1) is 6.92 Å². The van der Waals surface area contributed by atoms with Crippen molar-refractivity contribution in [3.8, 4) is 0 Å². The van der Waals surface area contributed by atoms with E-state index in [1.807, 2.05) is 18.9 Å². The summed E-state index contributed by atoms with van der Waals surface area (Å²) in [5.41, 5.74) is 6.40. The molecule has 19 heavy (non-hydrogen) atoms. The van der Waals surface area contributed by atoms with Crippen LogP contribution >= 0.6 is 11.3 Å². The van der Waals surface area contributed by atoms with Crippen molar-refractivity contribution < 1.29 is 4.79 Å². The van der Waals surface area contributed by atoms with Gasteiger partial charge in [-0.15, -0.1) is 0 Å². The van der Waals surface area contributed by atoms with Crippen molar-refractivity contribution in [2.75, 3.05) is 32.4 Å². The topological polar surface area (TPSA) is 62.5 Å². The fourth-order valence-electron chi connectivity index (χ4n) is 2.56. The number of likely N-dealkylation sites (tertiary alicyclic amines) is 1. The van der Waals surface area contributed by atoms with E-state index < -0.39 is 0 Å². The van der Waals surface area contributed by atoms with E-state index in [0.29, 0.717) is 16.1 Å². The Bertz CT molecular complexity index is 451. The minimum atomic E-state index is 0.0571. The smallest absolute Gasteiger partial charge is 0.265 e. The molecule has 1 saturated heterocycles. The number of nitrogens with two attached hydrogens (primary N) is 1. The minimum absolute atomic E-state index is 0.0571. The fourth-order valence-corrected chi connectivity index (χ4v) is 3.38. The second-order valence-corrected chi connectivity index (χ2v) is 6.08. The Balaban J connectivity index is 2.02. The number of thiazole rings is 1. The van der Waals surface area contributed by atoms with Gasteiger partial charge in [0.25, 0.3) is 5.91 Å². The maximum absolute atomic E-state index is 12.5. The number of anilines is 1. The van der Waals surface area contributed by atoms with Gasteiger partial charge in [-0.2, -0.15) is 0 Å². The first-order valence-electron chi connectivity index (χ1n) is 6.75. The molecule has 0 bridgehead atoms. The molecule has 2 heterocycles. The number of rotatable bonds is 3. The second-order valence-electron chi connectivity index (χ2n) is 5.05. The summed E-state index contributed by atoms with van der Waals surface area (Å²) in [5.74, 6) is 0.0571. The number of hydrogen-bond donors (Lipinski definition) is 1. The van der Waals surface area contributed by atoms with Crippen LogP contribution in [0.25, 0.3) is 0 Å². The Hall–Kier alpha value is -1.14. The van der Waals surface area contributed by atoms with E-state index in [-0.39, 0.29) is 5.91 Å². The highest BCUT2D eigenvalue weighted by molar-refractivity contribution is 7.17. The van der Waals surface area contributed by atoms with Gasteiger partial charge in [0.2, 0.25) is 0 Å². The Kier molecular flexibility index (Phi) is 4.42. The molecule has 0 aliphatic carbocycles. The molecule has 1 amide bonds. The van der Waals surface area contributed by atoms with Crippen LogP contribution in [0.4, 0.5) is 5.13 Å². The summed E-state index contributed by atoms with van der Waals surface area (Å²) >= 11 is 1.28. The molecule has 2 N–H and O–H groups in total. The van der Waals surface area contributed by atoms with Gasteiger partial charge in [0.15, 0.2) is 5.13 Å². The largest absolute Gasteiger partial charge is 0.375 e. The summed E-state index contributed by atoms with van der Waals surface area (Å²) in [5, 5.41) is 0.468. The van der Waals surface area contributed by atoms with Gasteiger partial charge in [0, 0.05) is 26.2 Å². The van der Waals surface area contributed by atoms with Crippen molar-refractivity contribution in [2.24, 2.45) is 0 Å². The van der Waals surface area contributed by atoms with Gasteiger partial charge in [0.05, 0.1) is 5.69 Å². The van der Waals surface area contributed by atoms with Gasteiger partial charge in [0.1, 0.15) is 4.88 Å². The molecular weight excluding hydrogens is 260 g/mol. The molecule has 0 unspecified atom stereocenters. The molecule has 0 radical (unpaired) electrons. The molecule has 1 aliphatic heterocycles. The quantitative estimate of drug-likeness (QED) is 0.914. The minimum Gasteiger partial charge on any atom is -0.375 e. The number of aryl methyl sites for hydroxylation is 1. The summed E-state index contributed by atoms with van der Waals surface area (Å²) in [6.07, 6.45) is 2.09. The molecule has 5 nitrogen and oxygen atoms in total. The van der Waals surface area contributed by atoms with Gasteiger partial charge in [-0.05, 0) is 26.3 Å². The molecule has 1 aliphatic rings. The highest BCUT2D eigenvalue weighted by Gasteiger charge is 2.27. The monoisotopic (exact) mass is 282 g/mol. The van der Waals surface area contributed by atoms with Crippen molar-refractivity contribution >= 4 is 22.4 Å². The van der Waals surface area contributed by atoms with Gasteiger partial charge in [-0.1, -0.05) is 18.3 Å². The van der Waals surface area contributed by atoms with Crippen LogP contribution in [0.2, 0.25) is 0 Å².